The first-order valence-electron chi connectivity index (χ1n) is 8.22. The summed E-state index contributed by atoms with van der Waals surface area (Å²) in [5, 5.41) is 0. The summed E-state index contributed by atoms with van der Waals surface area (Å²) in [6, 6.07) is 1.61. The van der Waals surface area contributed by atoms with Crippen LogP contribution in [-0.2, 0) is 0 Å². The summed E-state index contributed by atoms with van der Waals surface area (Å²) < 4.78 is 0. The molecule has 2 N–H and O–H groups in total. The minimum absolute atomic E-state index is 0.758. The van der Waals surface area contributed by atoms with E-state index in [1.54, 1.807) is 0 Å². The predicted octanol–water partition coefficient (Wildman–Crippen LogP) is 3.40. The minimum Gasteiger partial charge on any atom is -0.330 e. The number of hydrogen-bond donors (Lipinski definition) is 1. The second kappa shape index (κ2) is 6.91. The van der Waals surface area contributed by atoms with E-state index < -0.39 is 0 Å². The molecule has 2 rings (SSSR count). The van der Waals surface area contributed by atoms with Crippen molar-refractivity contribution in [2.24, 2.45) is 17.6 Å². The van der Waals surface area contributed by atoms with Crippen molar-refractivity contribution in [1.29, 1.82) is 0 Å². The van der Waals surface area contributed by atoms with E-state index in [4.69, 9.17) is 5.73 Å². The van der Waals surface area contributed by atoms with Crippen molar-refractivity contribution in [1.82, 2.24) is 4.90 Å². The third kappa shape index (κ3) is 3.27. The number of hydrogen-bond acceptors (Lipinski definition) is 2. The van der Waals surface area contributed by atoms with Crippen molar-refractivity contribution in [2.75, 3.05) is 13.1 Å². The summed E-state index contributed by atoms with van der Waals surface area (Å²) in [7, 11) is 0. The Labute approximate surface area is 113 Å². The molecule has 1 aliphatic heterocycles. The highest BCUT2D eigenvalue weighted by atomic mass is 15.2. The average molecular weight is 252 g/mol. The molecule has 1 saturated heterocycles. The summed E-state index contributed by atoms with van der Waals surface area (Å²) in [6.45, 7) is 7.02. The van der Waals surface area contributed by atoms with Gasteiger partial charge in [0.25, 0.3) is 0 Å². The monoisotopic (exact) mass is 252 g/mol. The molecule has 18 heavy (non-hydrogen) atoms. The number of nitrogens with zero attached hydrogens (tertiary/aromatic N) is 1. The molecular weight excluding hydrogens is 220 g/mol. The largest absolute Gasteiger partial charge is 0.330 e. The molecule has 106 valence electrons. The quantitative estimate of drug-likeness (QED) is 0.834. The van der Waals surface area contributed by atoms with Crippen molar-refractivity contribution in [3.63, 3.8) is 0 Å². The van der Waals surface area contributed by atoms with E-state index in [9.17, 15) is 0 Å². The van der Waals surface area contributed by atoms with Gasteiger partial charge >= 0.3 is 0 Å². The standard InChI is InChI=1S/C16H32N2/c1-3-15-7-5-4-6-10-18(15)16-11-13(2)8-9-14(16)12-17/h13-16H,3-12,17H2,1-2H3. The lowest BCUT2D eigenvalue weighted by Gasteiger charge is -2.45. The predicted molar refractivity (Wildman–Crippen MR) is 78.6 cm³/mol. The maximum atomic E-state index is 6.05. The van der Waals surface area contributed by atoms with Crippen LogP contribution >= 0.6 is 0 Å². The maximum absolute atomic E-state index is 6.05. The fourth-order valence-corrected chi connectivity index (χ4v) is 4.17. The molecule has 1 heterocycles. The van der Waals surface area contributed by atoms with Gasteiger partial charge in [-0.05, 0) is 57.0 Å². The first-order chi connectivity index (χ1) is 8.76. The van der Waals surface area contributed by atoms with Crippen LogP contribution in [0.1, 0.15) is 65.2 Å². The van der Waals surface area contributed by atoms with E-state index in [1.165, 1.54) is 57.9 Å². The molecule has 0 bridgehead atoms. The lowest BCUT2D eigenvalue weighted by molar-refractivity contribution is 0.0499. The summed E-state index contributed by atoms with van der Waals surface area (Å²) >= 11 is 0. The molecule has 0 radical (unpaired) electrons. The highest BCUT2D eigenvalue weighted by molar-refractivity contribution is 4.90. The summed E-state index contributed by atoms with van der Waals surface area (Å²) in [5.74, 6) is 1.66. The second-order valence-electron chi connectivity index (χ2n) is 6.63. The van der Waals surface area contributed by atoms with Gasteiger partial charge in [-0.25, -0.2) is 0 Å². The van der Waals surface area contributed by atoms with Gasteiger partial charge in [0.05, 0.1) is 0 Å². The lowest BCUT2D eigenvalue weighted by Crippen LogP contribution is -2.50. The average Bonchev–Trinajstić information content (AvgIpc) is 2.63. The summed E-state index contributed by atoms with van der Waals surface area (Å²) in [4.78, 5) is 2.86. The van der Waals surface area contributed by atoms with Crippen LogP contribution in [-0.4, -0.2) is 30.1 Å². The zero-order chi connectivity index (χ0) is 13.0. The van der Waals surface area contributed by atoms with Crippen LogP contribution in [0.25, 0.3) is 0 Å². The van der Waals surface area contributed by atoms with Crippen molar-refractivity contribution >= 4 is 0 Å². The molecule has 2 heteroatoms. The Kier molecular flexibility index (Phi) is 5.50. The van der Waals surface area contributed by atoms with E-state index in [0.29, 0.717) is 0 Å². The van der Waals surface area contributed by atoms with Crippen LogP contribution in [0.3, 0.4) is 0 Å². The Morgan fingerprint density at radius 1 is 1.11 bits per heavy atom. The van der Waals surface area contributed by atoms with Crippen LogP contribution < -0.4 is 5.73 Å². The normalized spacial score (nSPS) is 39.5. The smallest absolute Gasteiger partial charge is 0.0141 e. The molecule has 2 nitrogen and oxygen atoms in total. The first kappa shape index (κ1) is 14.3. The Balaban J connectivity index is 2.08. The minimum atomic E-state index is 0.758. The molecule has 2 aliphatic rings. The summed E-state index contributed by atoms with van der Waals surface area (Å²) in [5.41, 5.74) is 6.05. The summed E-state index contributed by atoms with van der Waals surface area (Å²) in [6.07, 6.45) is 11.1. The molecule has 4 unspecified atom stereocenters. The zero-order valence-electron chi connectivity index (χ0n) is 12.4. The Morgan fingerprint density at radius 2 is 1.94 bits per heavy atom. The number of likely N-dealkylation sites (tertiary alicyclic amines) is 1. The van der Waals surface area contributed by atoms with Crippen molar-refractivity contribution < 1.29 is 0 Å². The van der Waals surface area contributed by atoms with Crippen LogP contribution in [0.5, 0.6) is 0 Å². The van der Waals surface area contributed by atoms with Gasteiger partial charge in [-0.15, -0.1) is 0 Å². The maximum Gasteiger partial charge on any atom is 0.0141 e. The highest BCUT2D eigenvalue weighted by Crippen LogP contribution is 2.35. The van der Waals surface area contributed by atoms with Gasteiger partial charge in [-0.3, -0.25) is 4.90 Å². The third-order valence-electron chi connectivity index (χ3n) is 5.34. The molecule has 0 amide bonds. The molecule has 1 aliphatic carbocycles. The number of nitrogens with two attached hydrogens (primary N) is 1. The highest BCUT2D eigenvalue weighted by Gasteiger charge is 2.35. The van der Waals surface area contributed by atoms with Gasteiger partial charge < -0.3 is 5.73 Å². The number of rotatable bonds is 3. The van der Waals surface area contributed by atoms with E-state index in [2.05, 4.69) is 18.7 Å². The second-order valence-corrected chi connectivity index (χ2v) is 6.63. The van der Waals surface area contributed by atoms with Gasteiger partial charge in [-0.2, -0.15) is 0 Å². The SMILES string of the molecule is CCC1CCCCCN1C1CC(C)CCC1CN. The van der Waals surface area contributed by atoms with Crippen LogP contribution in [0.2, 0.25) is 0 Å². The van der Waals surface area contributed by atoms with E-state index in [0.717, 1.165) is 30.5 Å². The van der Waals surface area contributed by atoms with Crippen molar-refractivity contribution in [3.8, 4) is 0 Å². The van der Waals surface area contributed by atoms with Crippen LogP contribution in [0.4, 0.5) is 0 Å². The van der Waals surface area contributed by atoms with Crippen LogP contribution in [0.15, 0.2) is 0 Å². The molecule has 0 spiro atoms. The Bertz CT molecular complexity index is 241. The van der Waals surface area contributed by atoms with Crippen molar-refractivity contribution in [2.45, 2.75) is 77.3 Å². The van der Waals surface area contributed by atoms with E-state index >= 15 is 0 Å². The van der Waals surface area contributed by atoms with Gasteiger partial charge in [0, 0.05) is 12.1 Å². The zero-order valence-corrected chi connectivity index (χ0v) is 12.4. The molecule has 0 aromatic rings. The molecule has 2 fully saturated rings. The lowest BCUT2D eigenvalue weighted by atomic mass is 9.77. The molecule has 4 atom stereocenters. The topological polar surface area (TPSA) is 29.3 Å². The first-order valence-corrected chi connectivity index (χ1v) is 8.22. The Hall–Kier alpha value is -0.0800. The third-order valence-corrected chi connectivity index (χ3v) is 5.34. The molecule has 1 saturated carbocycles. The van der Waals surface area contributed by atoms with E-state index in [-0.39, 0.29) is 0 Å². The van der Waals surface area contributed by atoms with E-state index in [1.807, 2.05) is 0 Å². The fraction of sp³-hybridized carbons (Fsp3) is 1.00. The van der Waals surface area contributed by atoms with Gasteiger partial charge in [0.1, 0.15) is 0 Å². The molecule has 0 aromatic carbocycles. The van der Waals surface area contributed by atoms with Crippen molar-refractivity contribution in [3.05, 3.63) is 0 Å². The molecular formula is C16H32N2. The van der Waals surface area contributed by atoms with Gasteiger partial charge in [0.2, 0.25) is 0 Å². The Morgan fingerprint density at radius 3 is 2.67 bits per heavy atom. The molecule has 0 aromatic heterocycles. The fourth-order valence-electron chi connectivity index (χ4n) is 4.17. The van der Waals surface area contributed by atoms with Gasteiger partial charge in [-0.1, -0.05) is 33.1 Å². The van der Waals surface area contributed by atoms with Crippen LogP contribution in [0, 0.1) is 11.8 Å². The van der Waals surface area contributed by atoms with Gasteiger partial charge in [0.15, 0.2) is 0 Å².